The molecule has 0 N–H and O–H groups in total. The van der Waals surface area contributed by atoms with Crippen LogP contribution in [0.15, 0.2) is 66.7 Å². The lowest BCUT2D eigenvalue weighted by molar-refractivity contribution is 0.126. The molecule has 6 rings (SSSR count). The van der Waals surface area contributed by atoms with Gasteiger partial charge in [-0.3, -0.25) is 0 Å². The van der Waals surface area contributed by atoms with E-state index in [1.54, 1.807) is 7.11 Å². The third kappa shape index (κ3) is 2.53. The van der Waals surface area contributed by atoms with Gasteiger partial charge in [-0.05, 0) is 50.2 Å². The van der Waals surface area contributed by atoms with Crippen molar-refractivity contribution in [1.82, 2.24) is 0 Å². The van der Waals surface area contributed by atoms with Crippen LogP contribution in [0.25, 0.3) is 33.0 Å². The minimum absolute atomic E-state index is 0.615. The fourth-order valence-corrected chi connectivity index (χ4v) is 5.02. The second-order valence-electron chi connectivity index (χ2n) is 7.88. The van der Waals surface area contributed by atoms with Crippen molar-refractivity contribution < 1.29 is 14.2 Å². The molecule has 0 bridgehead atoms. The van der Waals surface area contributed by atoms with Crippen molar-refractivity contribution in [2.45, 2.75) is 26.4 Å². The van der Waals surface area contributed by atoms with E-state index < -0.39 is 0 Å². The van der Waals surface area contributed by atoms with Gasteiger partial charge in [0.2, 0.25) is 0 Å². The first-order valence-electron chi connectivity index (χ1n) is 10.3. The highest BCUT2D eigenvalue weighted by Gasteiger charge is 2.32. The van der Waals surface area contributed by atoms with E-state index >= 15 is 0 Å². The van der Waals surface area contributed by atoms with Gasteiger partial charge in [-0.2, -0.15) is 0 Å². The average molecular weight is 394 g/mol. The molecule has 3 nitrogen and oxygen atoms in total. The van der Waals surface area contributed by atoms with E-state index in [1.807, 2.05) is 0 Å². The van der Waals surface area contributed by atoms with Gasteiger partial charge in [-0.25, -0.2) is 0 Å². The van der Waals surface area contributed by atoms with Crippen LogP contribution in [0.3, 0.4) is 0 Å². The van der Waals surface area contributed by atoms with Gasteiger partial charge in [-0.1, -0.05) is 60.7 Å². The molecule has 0 fully saturated rings. The summed E-state index contributed by atoms with van der Waals surface area (Å²) >= 11 is 0. The number of methoxy groups -OCH3 is 1. The Morgan fingerprint density at radius 3 is 1.97 bits per heavy atom. The fraction of sp³-hybridized carbons (Fsp3) is 0.185. The lowest BCUT2D eigenvalue weighted by Gasteiger charge is -2.22. The molecule has 0 amide bonds. The van der Waals surface area contributed by atoms with Gasteiger partial charge >= 0.3 is 0 Å². The molecule has 4 aromatic rings. The van der Waals surface area contributed by atoms with Crippen LogP contribution in [-0.4, -0.2) is 7.11 Å². The highest BCUT2D eigenvalue weighted by Crippen LogP contribution is 2.50. The maximum atomic E-state index is 5.98. The van der Waals surface area contributed by atoms with Gasteiger partial charge in [0.15, 0.2) is 0 Å². The van der Waals surface area contributed by atoms with Crippen LogP contribution in [0.1, 0.15) is 22.3 Å². The number of rotatable bonds is 3. The highest BCUT2D eigenvalue weighted by atomic mass is 16.5. The molecule has 2 aliphatic heterocycles. The zero-order valence-electron chi connectivity index (χ0n) is 16.9. The Kier molecular flexibility index (Phi) is 4.12. The molecule has 0 saturated heterocycles. The van der Waals surface area contributed by atoms with Crippen molar-refractivity contribution in [1.29, 1.82) is 0 Å². The normalized spacial score (nSPS) is 14.7. The van der Waals surface area contributed by atoms with E-state index in [2.05, 4.69) is 66.7 Å². The fourth-order valence-electron chi connectivity index (χ4n) is 5.02. The SMILES string of the molecule is COc1ccc2ccccc2c1-c1c2c(c3c(c1-c1ccccc1)COC3)COC2. The van der Waals surface area contributed by atoms with Gasteiger partial charge in [-0.15, -0.1) is 0 Å². The summed E-state index contributed by atoms with van der Waals surface area (Å²) in [5, 5.41) is 2.40. The minimum atomic E-state index is 0.615. The predicted octanol–water partition coefficient (Wildman–Crippen LogP) is 6.24. The van der Waals surface area contributed by atoms with E-state index in [0.717, 1.165) is 11.3 Å². The monoisotopic (exact) mass is 394 g/mol. The topological polar surface area (TPSA) is 27.7 Å². The summed E-state index contributed by atoms with van der Waals surface area (Å²) in [7, 11) is 1.75. The number of hydrogen-bond donors (Lipinski definition) is 0. The largest absolute Gasteiger partial charge is 0.496 e. The molecule has 3 heteroatoms. The zero-order chi connectivity index (χ0) is 20.1. The Hall–Kier alpha value is -3.14. The van der Waals surface area contributed by atoms with E-state index in [9.17, 15) is 0 Å². The zero-order valence-corrected chi connectivity index (χ0v) is 16.9. The summed E-state index contributed by atoms with van der Waals surface area (Å²) in [5.74, 6) is 0.888. The molecule has 0 radical (unpaired) electrons. The molecule has 4 aromatic carbocycles. The summed E-state index contributed by atoms with van der Waals surface area (Å²) in [6.45, 7) is 2.56. The first kappa shape index (κ1) is 17.7. The Morgan fingerprint density at radius 1 is 0.600 bits per heavy atom. The van der Waals surface area contributed by atoms with Crippen LogP contribution in [0, 0.1) is 0 Å². The van der Waals surface area contributed by atoms with Crippen molar-refractivity contribution in [3.05, 3.63) is 89.0 Å². The van der Waals surface area contributed by atoms with Gasteiger partial charge in [0.25, 0.3) is 0 Å². The van der Waals surface area contributed by atoms with Crippen LogP contribution < -0.4 is 4.74 Å². The molecule has 0 aliphatic carbocycles. The maximum absolute atomic E-state index is 5.98. The maximum Gasteiger partial charge on any atom is 0.127 e. The van der Waals surface area contributed by atoms with Crippen molar-refractivity contribution >= 4 is 10.8 Å². The van der Waals surface area contributed by atoms with Crippen LogP contribution in [0.2, 0.25) is 0 Å². The third-order valence-corrected chi connectivity index (χ3v) is 6.36. The van der Waals surface area contributed by atoms with Gasteiger partial charge in [0.1, 0.15) is 5.75 Å². The molecule has 0 spiro atoms. The van der Waals surface area contributed by atoms with Crippen LogP contribution in [0.5, 0.6) is 5.75 Å². The summed E-state index contributed by atoms with van der Waals surface area (Å²) < 4.78 is 17.8. The van der Waals surface area contributed by atoms with Gasteiger partial charge in [0.05, 0.1) is 33.5 Å². The average Bonchev–Trinajstić information content (AvgIpc) is 3.47. The second kappa shape index (κ2) is 6.98. The Labute approximate surface area is 175 Å². The van der Waals surface area contributed by atoms with Gasteiger partial charge < -0.3 is 14.2 Å². The van der Waals surface area contributed by atoms with Crippen LogP contribution in [-0.2, 0) is 35.9 Å². The van der Waals surface area contributed by atoms with Crippen molar-refractivity contribution in [2.75, 3.05) is 7.11 Å². The van der Waals surface area contributed by atoms with Crippen molar-refractivity contribution in [2.24, 2.45) is 0 Å². The number of hydrogen-bond acceptors (Lipinski definition) is 3. The first-order valence-corrected chi connectivity index (χ1v) is 10.3. The smallest absolute Gasteiger partial charge is 0.127 e. The van der Waals surface area contributed by atoms with E-state index in [1.165, 1.54) is 49.7 Å². The van der Waals surface area contributed by atoms with E-state index in [-0.39, 0.29) is 0 Å². The first-order chi connectivity index (χ1) is 14.9. The molecule has 148 valence electrons. The predicted molar refractivity (Wildman–Crippen MR) is 118 cm³/mol. The summed E-state index contributed by atoms with van der Waals surface area (Å²) in [6.07, 6.45) is 0. The van der Waals surface area contributed by atoms with Crippen LogP contribution in [0.4, 0.5) is 0 Å². The molecule has 0 aromatic heterocycles. The van der Waals surface area contributed by atoms with E-state index in [0.29, 0.717) is 26.4 Å². The molecule has 0 atom stereocenters. The Bertz CT molecular complexity index is 1270. The van der Waals surface area contributed by atoms with Crippen molar-refractivity contribution in [3.63, 3.8) is 0 Å². The number of fused-ring (bicyclic) bond motifs is 4. The van der Waals surface area contributed by atoms with Crippen molar-refractivity contribution in [3.8, 4) is 28.0 Å². The lowest BCUT2D eigenvalue weighted by atomic mass is 9.81. The molecule has 0 saturated carbocycles. The summed E-state index contributed by atoms with van der Waals surface area (Å²) in [5.41, 5.74) is 10.00. The minimum Gasteiger partial charge on any atom is -0.496 e. The molecule has 0 unspecified atom stereocenters. The Balaban J connectivity index is 1.81. The van der Waals surface area contributed by atoms with Gasteiger partial charge in [0, 0.05) is 11.1 Å². The number of benzene rings is 4. The number of ether oxygens (including phenoxy) is 3. The molecule has 2 heterocycles. The summed E-state index contributed by atoms with van der Waals surface area (Å²) in [4.78, 5) is 0. The Morgan fingerprint density at radius 2 is 1.23 bits per heavy atom. The summed E-state index contributed by atoms with van der Waals surface area (Å²) in [6, 6.07) is 23.4. The standard InChI is InChI=1S/C27H22O3/c1-28-24-12-11-17-7-5-6-10-19(17)26(24)27-23-16-30-14-21(23)20-13-29-15-22(20)25(27)18-8-3-2-4-9-18/h2-12H,13-16H2,1H3. The quantitative estimate of drug-likeness (QED) is 0.411. The van der Waals surface area contributed by atoms with E-state index in [4.69, 9.17) is 14.2 Å². The molecular formula is C27H22O3. The van der Waals surface area contributed by atoms with Crippen LogP contribution >= 0.6 is 0 Å². The highest BCUT2D eigenvalue weighted by molar-refractivity contribution is 6.05. The molecule has 30 heavy (non-hydrogen) atoms. The second-order valence-corrected chi connectivity index (χ2v) is 7.88. The molecular weight excluding hydrogens is 372 g/mol. The molecule has 2 aliphatic rings. The lowest BCUT2D eigenvalue weighted by Crippen LogP contribution is -2.03. The third-order valence-electron chi connectivity index (χ3n) is 6.36.